The summed E-state index contributed by atoms with van der Waals surface area (Å²) in [6.07, 6.45) is -8.59. The molecule has 1 fully saturated rings. The molecule has 0 aromatic rings. The molecule has 3 unspecified atom stereocenters. The number of nitrogens with one attached hydrogen (secondary N) is 1. The average Bonchev–Trinajstić information content (AvgIpc) is 2.45. The molecule has 0 saturated carbocycles. The molecule has 1 heterocycles. The Labute approximate surface area is 123 Å². The Morgan fingerprint density at radius 2 is 2.00 bits per heavy atom. The normalized spacial score (nSPS) is 38.1. The highest BCUT2D eigenvalue weighted by Gasteiger charge is 2.62. The van der Waals surface area contributed by atoms with Crippen LogP contribution in [-0.2, 0) is 14.3 Å². The number of amides is 1. The maximum atomic E-state index is 14.2. The number of alkyl halides is 2. The minimum atomic E-state index is -3.87. The van der Waals surface area contributed by atoms with Crippen molar-refractivity contribution in [3.05, 3.63) is 0 Å². The second-order valence-electron chi connectivity index (χ2n) is 4.98. The molecule has 0 radical (unpaired) electrons. The molecule has 0 aromatic carbocycles. The summed E-state index contributed by atoms with van der Waals surface area (Å²) in [5.74, 6) is -6.91. The lowest BCUT2D eigenvalue weighted by Gasteiger charge is -2.45. The second-order valence-corrected chi connectivity index (χ2v) is 4.98. The van der Waals surface area contributed by atoms with Gasteiger partial charge in [-0.2, -0.15) is 4.39 Å². The summed E-state index contributed by atoms with van der Waals surface area (Å²) in [4.78, 5) is 22.0. The summed E-state index contributed by atoms with van der Waals surface area (Å²) in [6.45, 7) is 0.0643. The lowest BCUT2D eigenvalue weighted by Crippen LogP contribution is -2.73. The number of hydrogen-bond donors (Lipinski definition) is 6. The van der Waals surface area contributed by atoms with Crippen LogP contribution in [0, 0.1) is 0 Å². The number of carbonyl (C=O) groups excluding carboxylic acids is 1. The number of carboxylic acid groups (broad SMARTS) is 1. The molecule has 7 N–H and O–H groups in total. The van der Waals surface area contributed by atoms with Crippen LogP contribution >= 0.6 is 0 Å². The van der Waals surface area contributed by atoms with E-state index in [1.807, 2.05) is 0 Å². The third kappa shape index (κ3) is 3.33. The number of aliphatic carboxylic acids is 1. The van der Waals surface area contributed by atoms with Crippen LogP contribution in [0.5, 0.6) is 0 Å². The van der Waals surface area contributed by atoms with Gasteiger partial charge in [0, 0.05) is 6.92 Å². The molecular formula is C11H18F2N2O7. The van der Waals surface area contributed by atoms with Crippen molar-refractivity contribution >= 4 is 11.9 Å². The van der Waals surface area contributed by atoms with Crippen LogP contribution in [0.3, 0.4) is 0 Å². The number of hydrogen-bond acceptors (Lipinski definition) is 7. The number of aliphatic hydroxyl groups is 3. The molecule has 9 nitrogen and oxygen atoms in total. The molecular weight excluding hydrogens is 310 g/mol. The summed E-state index contributed by atoms with van der Waals surface area (Å²) < 4.78 is 32.6. The lowest BCUT2D eigenvalue weighted by molar-refractivity contribution is -0.276. The van der Waals surface area contributed by atoms with Gasteiger partial charge in [0.25, 0.3) is 0 Å². The predicted octanol–water partition coefficient (Wildman–Crippen LogP) is -2.98. The highest BCUT2D eigenvalue weighted by Crippen LogP contribution is 2.34. The third-order valence-corrected chi connectivity index (χ3v) is 3.35. The van der Waals surface area contributed by atoms with Crippen molar-refractivity contribution in [2.75, 3.05) is 6.61 Å². The molecule has 0 spiro atoms. The van der Waals surface area contributed by atoms with Gasteiger partial charge in [0.05, 0.1) is 18.7 Å². The van der Waals surface area contributed by atoms with Gasteiger partial charge in [-0.1, -0.05) is 0 Å². The summed E-state index contributed by atoms with van der Waals surface area (Å²) in [6, 6.07) is -3.39. The first kappa shape index (κ1) is 18.6. The fourth-order valence-electron chi connectivity index (χ4n) is 2.18. The van der Waals surface area contributed by atoms with E-state index in [0.717, 1.165) is 6.92 Å². The first-order valence-electron chi connectivity index (χ1n) is 6.30. The smallest absolute Gasteiger partial charge is 0.372 e. The van der Waals surface area contributed by atoms with Gasteiger partial charge in [-0.05, 0) is 0 Å². The first-order valence-corrected chi connectivity index (χ1v) is 6.30. The van der Waals surface area contributed by atoms with Gasteiger partial charge in [0.1, 0.15) is 18.3 Å². The third-order valence-electron chi connectivity index (χ3n) is 3.35. The lowest BCUT2D eigenvalue weighted by atomic mass is 9.86. The summed E-state index contributed by atoms with van der Waals surface area (Å²) >= 11 is 0. The molecule has 128 valence electrons. The van der Waals surface area contributed by atoms with Crippen molar-refractivity contribution in [2.24, 2.45) is 5.73 Å². The number of rotatable bonds is 5. The van der Waals surface area contributed by atoms with E-state index in [0.29, 0.717) is 0 Å². The summed E-state index contributed by atoms with van der Waals surface area (Å²) in [5, 5.41) is 38.9. The van der Waals surface area contributed by atoms with Crippen LogP contribution in [0.25, 0.3) is 0 Å². The zero-order valence-electron chi connectivity index (χ0n) is 11.5. The zero-order chi connectivity index (χ0) is 17.2. The fourth-order valence-corrected chi connectivity index (χ4v) is 2.18. The van der Waals surface area contributed by atoms with Gasteiger partial charge in [-0.25, -0.2) is 9.18 Å². The molecule has 11 heteroatoms. The standard InChI is InChI=1S/C11H18F2N2O7/c1-3(17)15-6-5(14)9(12)11(13,10(20)21)22-8(6)7(19)4(18)2-16/h4-9,16,18-19H,2,14H2,1H3,(H,15,17)(H,20,21)/t4-,5?,6-,7-,8?,9?,11-/m1/s1. The van der Waals surface area contributed by atoms with Crippen molar-refractivity contribution in [3.8, 4) is 0 Å². The van der Waals surface area contributed by atoms with Crippen LogP contribution in [0.2, 0.25) is 0 Å². The summed E-state index contributed by atoms with van der Waals surface area (Å²) in [7, 11) is 0. The van der Waals surface area contributed by atoms with E-state index in [-0.39, 0.29) is 0 Å². The maximum Gasteiger partial charge on any atom is 0.372 e. The Morgan fingerprint density at radius 1 is 1.45 bits per heavy atom. The number of ether oxygens (including phenoxy) is 1. The van der Waals surface area contributed by atoms with Gasteiger partial charge in [0.2, 0.25) is 5.91 Å². The minimum absolute atomic E-state index is 0.728. The number of halogens is 2. The number of carbonyl (C=O) groups is 2. The highest BCUT2D eigenvalue weighted by atomic mass is 19.2. The Hall–Kier alpha value is -1.40. The van der Waals surface area contributed by atoms with Crippen molar-refractivity contribution in [2.45, 2.75) is 49.3 Å². The van der Waals surface area contributed by atoms with E-state index >= 15 is 0 Å². The summed E-state index contributed by atoms with van der Waals surface area (Å²) in [5.41, 5.74) is 5.43. The second kappa shape index (κ2) is 6.79. The quantitative estimate of drug-likeness (QED) is 0.311. The topological polar surface area (TPSA) is 162 Å². The van der Waals surface area contributed by atoms with E-state index in [1.165, 1.54) is 0 Å². The number of carboxylic acids is 1. The van der Waals surface area contributed by atoms with Gasteiger partial charge < -0.3 is 36.2 Å². The SMILES string of the molecule is CC(=O)N[C@@H]1C(N)C(F)[C@](F)(C(=O)O)OC1[C@H](O)[C@H](O)CO. The van der Waals surface area contributed by atoms with Crippen LogP contribution in [0.1, 0.15) is 6.92 Å². The first-order chi connectivity index (χ1) is 10.1. The molecule has 1 rings (SSSR count). The van der Waals surface area contributed by atoms with E-state index in [1.54, 1.807) is 0 Å². The molecule has 1 saturated heterocycles. The van der Waals surface area contributed by atoms with Crippen molar-refractivity contribution in [1.82, 2.24) is 5.32 Å². The Morgan fingerprint density at radius 3 is 2.41 bits per heavy atom. The van der Waals surface area contributed by atoms with Gasteiger partial charge in [-0.3, -0.25) is 4.79 Å². The molecule has 0 aromatic heterocycles. The fraction of sp³-hybridized carbons (Fsp3) is 0.818. The van der Waals surface area contributed by atoms with Crippen LogP contribution in [-0.4, -0.2) is 81.3 Å². The van der Waals surface area contributed by atoms with Crippen molar-refractivity contribution < 1.29 is 43.5 Å². The molecule has 1 aliphatic rings. The zero-order valence-corrected chi connectivity index (χ0v) is 11.5. The molecule has 1 amide bonds. The Bertz CT molecular complexity index is 441. The van der Waals surface area contributed by atoms with Crippen molar-refractivity contribution in [1.29, 1.82) is 0 Å². The monoisotopic (exact) mass is 328 g/mol. The van der Waals surface area contributed by atoms with Crippen LogP contribution in [0.15, 0.2) is 0 Å². The highest BCUT2D eigenvalue weighted by molar-refractivity contribution is 5.77. The van der Waals surface area contributed by atoms with Crippen molar-refractivity contribution in [3.63, 3.8) is 0 Å². The molecule has 22 heavy (non-hydrogen) atoms. The number of nitrogens with two attached hydrogens (primary N) is 1. The Balaban J connectivity index is 3.19. The molecule has 7 atom stereocenters. The molecule has 0 aliphatic carbocycles. The number of aliphatic hydroxyl groups excluding tert-OH is 3. The van der Waals surface area contributed by atoms with Crippen LogP contribution < -0.4 is 11.1 Å². The van der Waals surface area contributed by atoms with Gasteiger partial charge in [-0.15, -0.1) is 0 Å². The predicted molar refractivity (Wildman–Crippen MR) is 65.9 cm³/mol. The Kier molecular flexibility index (Phi) is 5.76. The molecule has 1 aliphatic heterocycles. The van der Waals surface area contributed by atoms with E-state index in [9.17, 15) is 28.6 Å². The van der Waals surface area contributed by atoms with Gasteiger partial charge >= 0.3 is 11.8 Å². The van der Waals surface area contributed by atoms with E-state index < -0.39 is 60.9 Å². The molecule has 0 bridgehead atoms. The van der Waals surface area contributed by atoms with Gasteiger partial charge in [0.15, 0.2) is 6.17 Å². The van der Waals surface area contributed by atoms with Crippen LogP contribution in [0.4, 0.5) is 8.78 Å². The minimum Gasteiger partial charge on any atom is -0.477 e. The van der Waals surface area contributed by atoms with E-state index in [2.05, 4.69) is 10.1 Å². The largest absolute Gasteiger partial charge is 0.477 e. The maximum absolute atomic E-state index is 14.2. The average molecular weight is 328 g/mol. The van der Waals surface area contributed by atoms with E-state index in [4.69, 9.17) is 15.9 Å².